The maximum absolute atomic E-state index is 13.1. The van der Waals surface area contributed by atoms with Gasteiger partial charge in [0, 0.05) is 11.1 Å². The Morgan fingerprint density at radius 3 is 2.18 bits per heavy atom. The van der Waals surface area contributed by atoms with Gasteiger partial charge in [0.1, 0.15) is 5.75 Å². The fourth-order valence-corrected chi connectivity index (χ4v) is 3.73. The van der Waals surface area contributed by atoms with Crippen LogP contribution in [0.4, 0.5) is 0 Å². The van der Waals surface area contributed by atoms with Crippen LogP contribution >= 0.6 is 0 Å². The Labute approximate surface area is 164 Å². The second-order valence-corrected chi connectivity index (χ2v) is 6.69. The molecule has 1 unspecified atom stereocenters. The summed E-state index contributed by atoms with van der Waals surface area (Å²) in [6.45, 7) is 0.336. The first-order valence-corrected chi connectivity index (χ1v) is 9.17. The number of methoxy groups -OCH3 is 1. The van der Waals surface area contributed by atoms with Crippen LogP contribution in [0, 0.1) is 0 Å². The van der Waals surface area contributed by atoms with Gasteiger partial charge in [-0.2, -0.15) is 0 Å². The van der Waals surface area contributed by atoms with Gasteiger partial charge in [0.05, 0.1) is 19.7 Å². The van der Waals surface area contributed by atoms with E-state index in [0.29, 0.717) is 12.1 Å². The second kappa shape index (κ2) is 7.61. The van der Waals surface area contributed by atoms with E-state index in [1.807, 2.05) is 84.9 Å². The summed E-state index contributed by atoms with van der Waals surface area (Å²) in [6, 6.07) is 26.6. The van der Waals surface area contributed by atoms with Gasteiger partial charge >= 0.3 is 0 Å². The molecule has 0 aromatic heterocycles. The van der Waals surface area contributed by atoms with Crippen LogP contribution in [-0.4, -0.2) is 23.0 Å². The molecule has 4 rings (SSSR count). The van der Waals surface area contributed by atoms with Crippen LogP contribution < -0.4 is 4.74 Å². The minimum absolute atomic E-state index is 0.199. The second-order valence-electron chi connectivity index (χ2n) is 6.69. The third kappa shape index (κ3) is 3.14. The number of para-hydroxylation sites is 1. The molecule has 140 valence electrons. The molecule has 0 radical (unpaired) electrons. The number of benzene rings is 3. The van der Waals surface area contributed by atoms with E-state index in [0.717, 1.165) is 22.4 Å². The maximum atomic E-state index is 13.1. The summed E-state index contributed by atoms with van der Waals surface area (Å²) in [5, 5.41) is 10.8. The topological polar surface area (TPSA) is 49.8 Å². The summed E-state index contributed by atoms with van der Waals surface area (Å²) in [6.07, 6.45) is 0. The minimum Gasteiger partial charge on any atom is -0.503 e. The molecule has 0 saturated heterocycles. The molecule has 1 aliphatic rings. The van der Waals surface area contributed by atoms with Crippen molar-refractivity contribution < 1.29 is 14.6 Å². The van der Waals surface area contributed by atoms with Crippen molar-refractivity contribution >= 4 is 11.5 Å². The summed E-state index contributed by atoms with van der Waals surface area (Å²) in [4.78, 5) is 14.8. The molecule has 1 aliphatic heterocycles. The Balaban J connectivity index is 1.81. The average Bonchev–Trinajstić information content (AvgIpc) is 3.00. The van der Waals surface area contributed by atoms with E-state index in [-0.39, 0.29) is 17.7 Å². The summed E-state index contributed by atoms with van der Waals surface area (Å²) < 4.78 is 5.46. The normalized spacial score (nSPS) is 16.5. The molecular formula is C24H21NO3. The van der Waals surface area contributed by atoms with E-state index in [2.05, 4.69) is 0 Å². The summed E-state index contributed by atoms with van der Waals surface area (Å²) >= 11 is 0. The zero-order valence-corrected chi connectivity index (χ0v) is 15.6. The highest BCUT2D eigenvalue weighted by Crippen LogP contribution is 2.44. The van der Waals surface area contributed by atoms with Crippen LogP contribution in [0.2, 0.25) is 0 Å². The molecule has 0 spiro atoms. The zero-order valence-electron chi connectivity index (χ0n) is 15.6. The Morgan fingerprint density at radius 2 is 1.50 bits per heavy atom. The highest BCUT2D eigenvalue weighted by atomic mass is 16.5. The first-order valence-electron chi connectivity index (χ1n) is 9.17. The van der Waals surface area contributed by atoms with Gasteiger partial charge in [-0.05, 0) is 17.2 Å². The zero-order chi connectivity index (χ0) is 19.5. The molecule has 0 aliphatic carbocycles. The molecular weight excluding hydrogens is 350 g/mol. The largest absolute Gasteiger partial charge is 0.503 e. The number of rotatable bonds is 5. The lowest BCUT2D eigenvalue weighted by molar-refractivity contribution is -0.130. The Bertz CT molecular complexity index is 1010. The molecule has 3 aromatic rings. The summed E-state index contributed by atoms with van der Waals surface area (Å²) in [5.41, 5.74) is 3.31. The van der Waals surface area contributed by atoms with Crippen LogP contribution in [0.15, 0.2) is 90.7 Å². The van der Waals surface area contributed by atoms with Gasteiger partial charge < -0.3 is 14.7 Å². The summed E-state index contributed by atoms with van der Waals surface area (Å²) in [7, 11) is 1.62. The van der Waals surface area contributed by atoms with Gasteiger partial charge in [-0.25, -0.2) is 0 Å². The van der Waals surface area contributed by atoms with Crippen molar-refractivity contribution in [2.75, 3.05) is 7.11 Å². The third-order valence-electron chi connectivity index (χ3n) is 5.04. The van der Waals surface area contributed by atoms with Gasteiger partial charge in [0.25, 0.3) is 5.91 Å². The average molecular weight is 371 g/mol. The minimum atomic E-state index is -0.376. The SMILES string of the molecule is COc1ccccc1CN1C(=O)C(O)=C(c2ccccc2)C1c1ccccc1. The molecule has 0 saturated carbocycles. The molecule has 1 amide bonds. The fourth-order valence-electron chi connectivity index (χ4n) is 3.73. The molecule has 4 nitrogen and oxygen atoms in total. The lowest BCUT2D eigenvalue weighted by Crippen LogP contribution is -2.30. The maximum Gasteiger partial charge on any atom is 0.290 e. The van der Waals surface area contributed by atoms with Crippen molar-refractivity contribution in [2.24, 2.45) is 0 Å². The van der Waals surface area contributed by atoms with E-state index in [4.69, 9.17) is 4.74 Å². The Kier molecular flexibility index (Phi) is 4.85. The molecule has 28 heavy (non-hydrogen) atoms. The lowest BCUT2D eigenvalue weighted by Gasteiger charge is -2.28. The molecule has 4 heteroatoms. The van der Waals surface area contributed by atoms with Crippen LogP contribution in [0.25, 0.3) is 5.57 Å². The number of aliphatic hydroxyl groups excluding tert-OH is 1. The first-order chi connectivity index (χ1) is 13.7. The van der Waals surface area contributed by atoms with Gasteiger partial charge in [0.15, 0.2) is 5.76 Å². The standard InChI is InChI=1S/C24H21NO3/c1-28-20-15-9-8-14-19(20)16-25-22(18-12-6-3-7-13-18)21(23(26)24(25)27)17-10-4-2-5-11-17/h2-15,22,26H,16H2,1H3. The molecule has 3 aromatic carbocycles. The number of carbonyl (C=O) groups is 1. The van der Waals surface area contributed by atoms with E-state index >= 15 is 0 Å². The van der Waals surface area contributed by atoms with Gasteiger partial charge in [0.2, 0.25) is 0 Å². The number of ether oxygens (including phenoxy) is 1. The van der Waals surface area contributed by atoms with E-state index in [1.165, 1.54) is 0 Å². The van der Waals surface area contributed by atoms with E-state index in [9.17, 15) is 9.90 Å². The van der Waals surface area contributed by atoms with Crippen molar-refractivity contribution in [2.45, 2.75) is 12.6 Å². The van der Waals surface area contributed by atoms with Crippen LogP contribution in [-0.2, 0) is 11.3 Å². The van der Waals surface area contributed by atoms with E-state index in [1.54, 1.807) is 12.0 Å². The Hall–Kier alpha value is -3.53. The number of nitrogens with zero attached hydrogens (tertiary/aromatic N) is 1. The van der Waals surface area contributed by atoms with Gasteiger partial charge in [-0.3, -0.25) is 4.79 Å². The van der Waals surface area contributed by atoms with Crippen molar-refractivity contribution in [3.63, 3.8) is 0 Å². The fraction of sp³-hybridized carbons (Fsp3) is 0.125. The molecule has 0 fully saturated rings. The molecule has 1 atom stereocenters. The number of aliphatic hydroxyl groups is 1. The predicted octanol–water partition coefficient (Wildman–Crippen LogP) is 4.75. The predicted molar refractivity (Wildman–Crippen MR) is 109 cm³/mol. The lowest BCUT2D eigenvalue weighted by atomic mass is 9.93. The highest BCUT2D eigenvalue weighted by molar-refractivity contribution is 6.05. The van der Waals surface area contributed by atoms with Gasteiger partial charge in [-0.1, -0.05) is 78.9 Å². The smallest absolute Gasteiger partial charge is 0.290 e. The number of carbonyl (C=O) groups excluding carboxylic acids is 1. The van der Waals surface area contributed by atoms with Gasteiger partial charge in [-0.15, -0.1) is 0 Å². The highest BCUT2D eigenvalue weighted by Gasteiger charge is 2.41. The Morgan fingerprint density at radius 1 is 0.893 bits per heavy atom. The van der Waals surface area contributed by atoms with Crippen molar-refractivity contribution in [3.8, 4) is 5.75 Å². The van der Waals surface area contributed by atoms with Crippen molar-refractivity contribution in [1.29, 1.82) is 0 Å². The van der Waals surface area contributed by atoms with Crippen LogP contribution in [0.3, 0.4) is 0 Å². The van der Waals surface area contributed by atoms with Crippen molar-refractivity contribution in [3.05, 3.63) is 107 Å². The van der Waals surface area contributed by atoms with Crippen molar-refractivity contribution in [1.82, 2.24) is 4.90 Å². The van der Waals surface area contributed by atoms with E-state index < -0.39 is 0 Å². The monoisotopic (exact) mass is 371 g/mol. The van der Waals surface area contributed by atoms with Crippen LogP contribution in [0.5, 0.6) is 5.75 Å². The molecule has 1 heterocycles. The third-order valence-corrected chi connectivity index (χ3v) is 5.04. The molecule has 1 N–H and O–H groups in total. The number of hydrogen-bond donors (Lipinski definition) is 1. The molecule has 0 bridgehead atoms. The number of hydrogen-bond acceptors (Lipinski definition) is 3. The summed E-state index contributed by atoms with van der Waals surface area (Å²) in [5.74, 6) is 0.142. The first kappa shape index (κ1) is 17.9. The number of amides is 1. The van der Waals surface area contributed by atoms with Crippen LogP contribution in [0.1, 0.15) is 22.7 Å². The quantitative estimate of drug-likeness (QED) is 0.704.